The third-order valence-corrected chi connectivity index (χ3v) is 6.57. The number of hydrogen-bond acceptors (Lipinski definition) is 3. The summed E-state index contributed by atoms with van der Waals surface area (Å²) in [6.45, 7) is 3.01. The Bertz CT molecular complexity index is 709. The molecule has 1 heterocycles. The van der Waals surface area contributed by atoms with Crippen LogP contribution >= 0.6 is 0 Å². The fraction of sp³-hybridized carbons (Fsp3) is 0.611. The van der Waals surface area contributed by atoms with Gasteiger partial charge in [0.2, 0.25) is 15.9 Å². The minimum atomic E-state index is -3.48. The Morgan fingerprint density at radius 1 is 1.25 bits per heavy atom. The van der Waals surface area contributed by atoms with Gasteiger partial charge in [-0.25, -0.2) is 13.1 Å². The van der Waals surface area contributed by atoms with E-state index in [1.165, 1.54) is 19.3 Å². The molecule has 0 bridgehead atoms. The number of carbonyl (C=O) groups is 1. The van der Waals surface area contributed by atoms with Gasteiger partial charge in [0.1, 0.15) is 0 Å². The van der Waals surface area contributed by atoms with Crippen molar-refractivity contribution in [1.29, 1.82) is 0 Å². The molecule has 0 saturated heterocycles. The molecule has 0 aromatic heterocycles. The van der Waals surface area contributed by atoms with Gasteiger partial charge in [0.05, 0.1) is 4.90 Å². The zero-order chi connectivity index (χ0) is 17.2. The number of nitrogens with one attached hydrogen (secondary N) is 1. The van der Waals surface area contributed by atoms with Crippen molar-refractivity contribution >= 4 is 21.6 Å². The minimum absolute atomic E-state index is 0.0831. The molecule has 1 amide bonds. The highest BCUT2D eigenvalue weighted by atomic mass is 32.2. The van der Waals surface area contributed by atoms with Crippen LogP contribution in [0.2, 0.25) is 0 Å². The van der Waals surface area contributed by atoms with Crippen LogP contribution in [0.4, 0.5) is 5.69 Å². The van der Waals surface area contributed by atoms with Gasteiger partial charge in [-0.05, 0) is 48.9 Å². The van der Waals surface area contributed by atoms with E-state index in [0.717, 1.165) is 24.1 Å². The summed E-state index contributed by atoms with van der Waals surface area (Å²) in [5.41, 5.74) is 1.80. The molecular formula is C18H26N2O3S. The summed E-state index contributed by atoms with van der Waals surface area (Å²) in [4.78, 5) is 14.0. The lowest BCUT2D eigenvalue weighted by Crippen LogP contribution is -2.30. The van der Waals surface area contributed by atoms with Crippen molar-refractivity contribution in [2.45, 2.75) is 56.8 Å². The molecule has 0 unspecified atom stereocenters. The first-order valence-electron chi connectivity index (χ1n) is 8.94. The molecule has 132 valence electrons. The Balaban J connectivity index is 1.71. The van der Waals surface area contributed by atoms with Gasteiger partial charge in [0, 0.05) is 25.2 Å². The normalized spacial score (nSPS) is 18.6. The number of carbonyl (C=O) groups excluding carboxylic acids is 1. The summed E-state index contributed by atoms with van der Waals surface area (Å²) in [6, 6.07) is 5.11. The molecule has 3 rings (SSSR count). The van der Waals surface area contributed by atoms with Gasteiger partial charge < -0.3 is 4.90 Å². The van der Waals surface area contributed by atoms with Crippen molar-refractivity contribution in [3.8, 4) is 0 Å². The van der Waals surface area contributed by atoms with Crippen LogP contribution in [-0.4, -0.2) is 27.4 Å². The first-order valence-corrected chi connectivity index (χ1v) is 10.4. The molecular weight excluding hydrogens is 324 g/mol. The highest BCUT2D eigenvalue weighted by molar-refractivity contribution is 7.89. The lowest BCUT2D eigenvalue weighted by molar-refractivity contribution is -0.118. The number of nitrogens with zero attached hydrogens (tertiary/aromatic N) is 1. The fourth-order valence-corrected chi connectivity index (χ4v) is 4.86. The Kier molecular flexibility index (Phi) is 5.25. The summed E-state index contributed by atoms with van der Waals surface area (Å²) >= 11 is 0. The lowest BCUT2D eigenvalue weighted by atomic mass is 9.90. The highest BCUT2D eigenvalue weighted by Crippen LogP contribution is 2.31. The van der Waals surface area contributed by atoms with Gasteiger partial charge >= 0.3 is 0 Å². The maximum atomic E-state index is 12.6. The van der Waals surface area contributed by atoms with Crippen molar-refractivity contribution in [3.05, 3.63) is 23.8 Å². The Hall–Kier alpha value is -1.40. The second-order valence-electron chi connectivity index (χ2n) is 6.80. The summed E-state index contributed by atoms with van der Waals surface area (Å²) < 4.78 is 27.9. The zero-order valence-corrected chi connectivity index (χ0v) is 15.1. The quantitative estimate of drug-likeness (QED) is 0.888. The van der Waals surface area contributed by atoms with Crippen LogP contribution in [0.5, 0.6) is 0 Å². The van der Waals surface area contributed by atoms with Crippen LogP contribution < -0.4 is 9.62 Å². The third-order valence-electron chi connectivity index (χ3n) is 5.15. The van der Waals surface area contributed by atoms with Gasteiger partial charge in [-0.15, -0.1) is 0 Å². The number of rotatable bonds is 5. The molecule has 6 heteroatoms. The second-order valence-corrected chi connectivity index (χ2v) is 8.56. The number of hydrogen-bond donors (Lipinski definition) is 1. The fourth-order valence-electron chi connectivity index (χ4n) is 3.70. The van der Waals surface area contributed by atoms with Gasteiger partial charge in [0.25, 0.3) is 0 Å². The first-order chi connectivity index (χ1) is 11.5. The number of benzene rings is 1. The second kappa shape index (κ2) is 7.23. The van der Waals surface area contributed by atoms with Crippen molar-refractivity contribution in [3.63, 3.8) is 0 Å². The average molecular weight is 350 g/mol. The molecule has 5 nitrogen and oxygen atoms in total. The van der Waals surface area contributed by atoms with E-state index in [2.05, 4.69) is 4.72 Å². The minimum Gasteiger partial charge on any atom is -0.312 e. The number of sulfonamides is 1. The van der Waals surface area contributed by atoms with Gasteiger partial charge in [-0.1, -0.05) is 26.2 Å². The maximum Gasteiger partial charge on any atom is 0.240 e. The van der Waals surface area contributed by atoms with Crippen molar-refractivity contribution < 1.29 is 13.2 Å². The van der Waals surface area contributed by atoms with E-state index < -0.39 is 10.0 Å². The number of anilines is 1. The molecule has 1 saturated carbocycles. The molecule has 24 heavy (non-hydrogen) atoms. The molecule has 1 aliphatic carbocycles. The molecule has 1 aromatic carbocycles. The summed E-state index contributed by atoms with van der Waals surface area (Å²) in [7, 11) is -3.48. The van der Waals surface area contributed by atoms with Gasteiger partial charge in [0.15, 0.2) is 0 Å². The standard InChI is InChI=1S/C18H26N2O3S/c1-2-18(21)20-11-10-15-12-16(8-9-17(15)20)24(22,23)19-13-14-6-4-3-5-7-14/h8-9,12,14,19H,2-7,10-11,13H2,1H3. The van der Waals surface area contributed by atoms with Gasteiger partial charge in [-0.2, -0.15) is 0 Å². The molecule has 1 N–H and O–H groups in total. The summed E-state index contributed by atoms with van der Waals surface area (Å²) in [5, 5.41) is 0. The van der Waals surface area contributed by atoms with Crippen LogP contribution in [0.25, 0.3) is 0 Å². The van der Waals surface area contributed by atoms with Crippen LogP contribution in [0.3, 0.4) is 0 Å². The Morgan fingerprint density at radius 3 is 2.71 bits per heavy atom. The number of amides is 1. The Morgan fingerprint density at radius 2 is 2.00 bits per heavy atom. The van der Waals surface area contributed by atoms with E-state index in [0.29, 0.717) is 36.7 Å². The SMILES string of the molecule is CCC(=O)N1CCc2cc(S(=O)(=O)NCC3CCCCC3)ccc21. The van der Waals surface area contributed by atoms with Crippen LogP contribution in [-0.2, 0) is 21.2 Å². The van der Waals surface area contributed by atoms with Crippen LogP contribution in [0.1, 0.15) is 51.0 Å². The lowest BCUT2D eigenvalue weighted by Gasteiger charge is -2.21. The summed E-state index contributed by atoms with van der Waals surface area (Å²) in [5.74, 6) is 0.542. The van der Waals surface area contributed by atoms with Gasteiger partial charge in [-0.3, -0.25) is 4.79 Å². The largest absolute Gasteiger partial charge is 0.312 e. The number of fused-ring (bicyclic) bond motifs is 1. The predicted molar refractivity (Wildman–Crippen MR) is 94.6 cm³/mol. The van der Waals surface area contributed by atoms with Crippen molar-refractivity contribution in [2.75, 3.05) is 18.0 Å². The van der Waals surface area contributed by atoms with E-state index in [1.54, 1.807) is 23.1 Å². The molecule has 2 aliphatic rings. The van der Waals surface area contributed by atoms with Crippen LogP contribution in [0.15, 0.2) is 23.1 Å². The zero-order valence-electron chi connectivity index (χ0n) is 14.3. The smallest absolute Gasteiger partial charge is 0.240 e. The van der Waals surface area contributed by atoms with E-state index in [9.17, 15) is 13.2 Å². The predicted octanol–water partition coefficient (Wildman–Crippen LogP) is 2.84. The van der Waals surface area contributed by atoms with Crippen LogP contribution in [0, 0.1) is 5.92 Å². The monoisotopic (exact) mass is 350 g/mol. The third kappa shape index (κ3) is 3.64. The Labute approximate surface area is 144 Å². The molecule has 0 spiro atoms. The highest BCUT2D eigenvalue weighted by Gasteiger charge is 2.26. The molecule has 1 aliphatic heterocycles. The summed E-state index contributed by atoms with van der Waals surface area (Å²) in [6.07, 6.45) is 7.07. The molecule has 0 atom stereocenters. The molecule has 0 radical (unpaired) electrons. The van der Waals surface area contributed by atoms with E-state index in [-0.39, 0.29) is 5.91 Å². The van der Waals surface area contributed by atoms with E-state index in [1.807, 2.05) is 6.92 Å². The maximum absolute atomic E-state index is 12.6. The molecule has 1 fully saturated rings. The van der Waals surface area contributed by atoms with E-state index >= 15 is 0 Å². The molecule has 1 aromatic rings. The average Bonchev–Trinajstić information content (AvgIpc) is 3.03. The van der Waals surface area contributed by atoms with Crippen molar-refractivity contribution in [1.82, 2.24) is 4.72 Å². The van der Waals surface area contributed by atoms with Crippen molar-refractivity contribution in [2.24, 2.45) is 5.92 Å². The van der Waals surface area contributed by atoms with E-state index in [4.69, 9.17) is 0 Å². The topological polar surface area (TPSA) is 66.5 Å². The first kappa shape index (κ1) is 17.4.